The smallest absolute Gasteiger partial charge is 0.142 e. The Bertz CT molecular complexity index is 992. The van der Waals surface area contributed by atoms with Crippen molar-refractivity contribution >= 4 is 6.21 Å². The van der Waals surface area contributed by atoms with Crippen LogP contribution in [-0.2, 0) is 11.4 Å². The number of hydrogen-bond donors (Lipinski definition) is 0. The van der Waals surface area contributed by atoms with Crippen LogP contribution in [0.25, 0.3) is 0 Å². The van der Waals surface area contributed by atoms with Crippen LogP contribution in [0.15, 0.2) is 71.4 Å². The molecule has 0 radical (unpaired) electrons. The van der Waals surface area contributed by atoms with Gasteiger partial charge in [-0.1, -0.05) is 68.3 Å². The lowest BCUT2D eigenvalue weighted by atomic mass is 9.68. The first kappa shape index (κ1) is 21.3. The molecular formula is C29H35NO2. The molecule has 0 amide bonds. The fraction of sp³-hybridized carbons (Fsp3) is 0.483. The van der Waals surface area contributed by atoms with Gasteiger partial charge in [0.1, 0.15) is 18.1 Å². The van der Waals surface area contributed by atoms with E-state index in [0.717, 1.165) is 34.8 Å². The fourth-order valence-electron chi connectivity index (χ4n) is 7.05. The summed E-state index contributed by atoms with van der Waals surface area (Å²) < 4.78 is 5.85. The Morgan fingerprint density at radius 2 is 1.69 bits per heavy atom. The van der Waals surface area contributed by atoms with Gasteiger partial charge in [-0.15, -0.1) is 0 Å². The van der Waals surface area contributed by atoms with Crippen molar-refractivity contribution in [2.75, 3.05) is 0 Å². The van der Waals surface area contributed by atoms with Crippen LogP contribution in [0.5, 0.6) is 11.5 Å². The minimum Gasteiger partial charge on any atom is -0.457 e. The average molecular weight is 430 g/mol. The lowest BCUT2D eigenvalue weighted by molar-refractivity contribution is 0.132. The summed E-state index contributed by atoms with van der Waals surface area (Å²) in [6, 6.07) is 17.8. The van der Waals surface area contributed by atoms with Gasteiger partial charge in [-0.25, -0.2) is 0 Å². The zero-order valence-electron chi connectivity index (χ0n) is 19.6. The van der Waals surface area contributed by atoms with Crippen molar-refractivity contribution in [2.24, 2.45) is 33.7 Å². The Morgan fingerprint density at radius 1 is 0.938 bits per heavy atom. The molecule has 0 heterocycles. The highest BCUT2D eigenvalue weighted by Crippen LogP contribution is 2.70. The van der Waals surface area contributed by atoms with E-state index in [2.05, 4.69) is 32.0 Å². The van der Waals surface area contributed by atoms with Gasteiger partial charge >= 0.3 is 0 Å². The maximum atomic E-state index is 5.85. The van der Waals surface area contributed by atoms with Crippen molar-refractivity contribution in [1.29, 1.82) is 0 Å². The standard InChI is InChI=1S/C29H35NO2/c1-28(2)17-7-18-29(3)25(24-14-15-26(29)27(24)28)16-19-30-31-20-21-10-12-23(13-11-21)32-22-8-5-4-6-9-22/h4-6,8-13,16,19,24,26-27H,7,14-15,17-18,20H2,1-3H3/b25-16?,30-19+/t24-,26-,27-,29-/m1/s1. The Kier molecular flexibility index (Phi) is 5.61. The van der Waals surface area contributed by atoms with Crippen molar-refractivity contribution < 1.29 is 9.57 Å². The minimum absolute atomic E-state index is 0.363. The van der Waals surface area contributed by atoms with Gasteiger partial charge in [0, 0.05) is 0 Å². The lowest BCUT2D eigenvalue weighted by Crippen LogP contribution is -2.28. The average Bonchev–Trinajstić information content (AvgIpc) is 3.29. The van der Waals surface area contributed by atoms with E-state index in [1.54, 1.807) is 5.57 Å². The molecule has 0 saturated heterocycles. The quantitative estimate of drug-likeness (QED) is 0.347. The molecular weight excluding hydrogens is 394 g/mol. The third kappa shape index (κ3) is 3.87. The Morgan fingerprint density at radius 3 is 2.47 bits per heavy atom. The normalized spacial score (nSPS) is 31.7. The minimum atomic E-state index is 0.363. The molecule has 0 aromatic heterocycles. The third-order valence-corrected chi connectivity index (χ3v) is 8.48. The molecule has 0 spiro atoms. The molecule has 5 rings (SSSR count). The maximum Gasteiger partial charge on any atom is 0.142 e. The van der Waals surface area contributed by atoms with Crippen LogP contribution in [0.1, 0.15) is 58.4 Å². The highest BCUT2D eigenvalue weighted by Gasteiger charge is 2.62. The first-order valence-electron chi connectivity index (χ1n) is 12.2. The number of para-hydroxylation sites is 1. The lowest BCUT2D eigenvalue weighted by Gasteiger charge is -2.36. The van der Waals surface area contributed by atoms with Gasteiger partial charge in [-0.05, 0) is 90.2 Å². The summed E-state index contributed by atoms with van der Waals surface area (Å²) in [5, 5.41) is 4.28. The molecule has 3 nitrogen and oxygen atoms in total. The first-order chi connectivity index (χ1) is 15.5. The van der Waals surface area contributed by atoms with E-state index in [0.29, 0.717) is 17.4 Å². The molecule has 4 atom stereocenters. The van der Waals surface area contributed by atoms with E-state index in [-0.39, 0.29) is 0 Å². The zero-order valence-corrected chi connectivity index (χ0v) is 19.6. The monoisotopic (exact) mass is 429 g/mol. The third-order valence-electron chi connectivity index (χ3n) is 8.48. The molecule has 3 saturated carbocycles. The molecule has 2 aromatic carbocycles. The van der Waals surface area contributed by atoms with E-state index in [1.807, 2.05) is 60.8 Å². The predicted octanol–water partition coefficient (Wildman–Crippen LogP) is 7.78. The van der Waals surface area contributed by atoms with Gasteiger partial charge in [-0.3, -0.25) is 0 Å². The van der Waals surface area contributed by atoms with Gasteiger partial charge in [0.2, 0.25) is 0 Å². The Balaban J connectivity index is 1.19. The summed E-state index contributed by atoms with van der Waals surface area (Å²) in [4.78, 5) is 5.61. The van der Waals surface area contributed by atoms with Crippen molar-refractivity contribution in [3.05, 3.63) is 71.8 Å². The van der Waals surface area contributed by atoms with Gasteiger partial charge in [0.05, 0.1) is 6.21 Å². The topological polar surface area (TPSA) is 30.8 Å². The highest BCUT2D eigenvalue weighted by molar-refractivity contribution is 5.72. The van der Waals surface area contributed by atoms with Crippen molar-refractivity contribution in [3.8, 4) is 11.5 Å². The number of hydrogen-bond acceptors (Lipinski definition) is 3. The van der Waals surface area contributed by atoms with Crippen LogP contribution >= 0.6 is 0 Å². The van der Waals surface area contributed by atoms with Gasteiger partial charge in [0.15, 0.2) is 0 Å². The number of benzene rings is 2. The van der Waals surface area contributed by atoms with Crippen molar-refractivity contribution in [2.45, 2.75) is 59.5 Å². The van der Waals surface area contributed by atoms with E-state index < -0.39 is 0 Å². The molecule has 0 aliphatic heterocycles. The van der Waals surface area contributed by atoms with Crippen LogP contribution in [0.3, 0.4) is 0 Å². The predicted molar refractivity (Wildman–Crippen MR) is 130 cm³/mol. The van der Waals surface area contributed by atoms with Crippen LogP contribution in [-0.4, -0.2) is 6.21 Å². The number of rotatable bonds is 6. The first-order valence-corrected chi connectivity index (χ1v) is 12.2. The van der Waals surface area contributed by atoms with Crippen LogP contribution in [0.2, 0.25) is 0 Å². The van der Waals surface area contributed by atoms with Gasteiger partial charge in [0.25, 0.3) is 0 Å². The Hall–Kier alpha value is -2.55. The number of ether oxygens (including phenoxy) is 1. The molecule has 3 fully saturated rings. The number of oxime groups is 1. The van der Waals surface area contributed by atoms with Crippen molar-refractivity contribution in [3.63, 3.8) is 0 Å². The number of nitrogens with zero attached hydrogens (tertiary/aromatic N) is 1. The second-order valence-corrected chi connectivity index (χ2v) is 10.8. The Labute approximate surface area is 192 Å². The van der Waals surface area contributed by atoms with Crippen LogP contribution in [0, 0.1) is 28.6 Å². The van der Waals surface area contributed by atoms with E-state index in [9.17, 15) is 0 Å². The molecule has 0 unspecified atom stereocenters. The summed E-state index contributed by atoms with van der Waals surface area (Å²) in [7, 11) is 0. The molecule has 4 bridgehead atoms. The molecule has 3 aliphatic rings. The van der Waals surface area contributed by atoms with E-state index in [4.69, 9.17) is 9.57 Å². The molecule has 168 valence electrons. The summed E-state index contributed by atoms with van der Waals surface area (Å²) in [6.45, 7) is 7.99. The van der Waals surface area contributed by atoms with Crippen molar-refractivity contribution in [1.82, 2.24) is 0 Å². The van der Waals surface area contributed by atoms with E-state index >= 15 is 0 Å². The van der Waals surface area contributed by atoms with E-state index in [1.165, 1.54) is 32.1 Å². The number of allylic oxidation sites excluding steroid dienone is 2. The second kappa shape index (κ2) is 8.42. The van der Waals surface area contributed by atoms with Crippen LogP contribution < -0.4 is 4.74 Å². The van der Waals surface area contributed by atoms with Crippen LogP contribution in [0.4, 0.5) is 0 Å². The van der Waals surface area contributed by atoms with Gasteiger partial charge in [-0.2, -0.15) is 0 Å². The molecule has 0 N–H and O–H groups in total. The summed E-state index contributed by atoms with van der Waals surface area (Å²) >= 11 is 0. The maximum absolute atomic E-state index is 5.85. The molecule has 3 heteroatoms. The SMILES string of the molecule is CC1(C)CCC[C@]2(C)C(=C/C=N/OCc3ccc(Oc4ccccc4)cc3)[C@H]3CC[C@@H]2[C@@H]31. The highest BCUT2D eigenvalue weighted by atomic mass is 16.6. The molecule has 2 aromatic rings. The molecule has 3 aliphatic carbocycles. The van der Waals surface area contributed by atoms with Gasteiger partial charge < -0.3 is 9.57 Å². The zero-order chi connectivity index (χ0) is 22.2. The largest absolute Gasteiger partial charge is 0.457 e. The summed E-state index contributed by atoms with van der Waals surface area (Å²) in [5.41, 5.74) is 3.54. The summed E-state index contributed by atoms with van der Waals surface area (Å²) in [5.74, 6) is 4.09. The fourth-order valence-corrected chi connectivity index (χ4v) is 7.05. The molecule has 32 heavy (non-hydrogen) atoms. The summed E-state index contributed by atoms with van der Waals surface area (Å²) in [6.07, 6.45) is 11.0. The second-order valence-electron chi connectivity index (χ2n) is 10.8.